The number of nitrogens with one attached hydrogen (secondary N) is 2. The fourth-order valence-electron chi connectivity index (χ4n) is 4.69. The van der Waals surface area contributed by atoms with Gasteiger partial charge in [0, 0.05) is 17.9 Å². The van der Waals surface area contributed by atoms with Gasteiger partial charge in [0.2, 0.25) is 23.8 Å². The molecular formula is C31H34FN11. The van der Waals surface area contributed by atoms with Crippen LogP contribution in [0.2, 0.25) is 0 Å². The van der Waals surface area contributed by atoms with Crippen LogP contribution >= 0.6 is 0 Å². The molecule has 0 aliphatic heterocycles. The summed E-state index contributed by atoms with van der Waals surface area (Å²) < 4.78 is 13.7. The van der Waals surface area contributed by atoms with E-state index in [9.17, 15) is 4.39 Å². The number of aryl methyl sites for hydroxylation is 2. The molecule has 0 amide bonds. The van der Waals surface area contributed by atoms with Gasteiger partial charge < -0.3 is 22.1 Å². The monoisotopic (exact) mass is 579 g/mol. The van der Waals surface area contributed by atoms with Crippen LogP contribution in [0.1, 0.15) is 42.2 Å². The topological polar surface area (TPSA) is 157 Å². The Morgan fingerprint density at radius 2 is 1.07 bits per heavy atom. The molecule has 0 radical (unpaired) electrons. The highest BCUT2D eigenvalue weighted by atomic mass is 19.1. The molecule has 3 aromatic carbocycles. The van der Waals surface area contributed by atoms with E-state index in [0.29, 0.717) is 30.1 Å². The van der Waals surface area contributed by atoms with Crippen LogP contribution < -0.4 is 22.1 Å². The number of hydrogen-bond donors (Lipinski definition) is 4. The summed E-state index contributed by atoms with van der Waals surface area (Å²) in [6, 6.07) is 22.2. The van der Waals surface area contributed by atoms with E-state index < -0.39 is 0 Å². The van der Waals surface area contributed by atoms with Gasteiger partial charge in [-0.25, -0.2) is 4.39 Å². The maximum absolute atomic E-state index is 13.7. The minimum absolute atomic E-state index is 0.0914. The van der Waals surface area contributed by atoms with Crippen molar-refractivity contribution in [3.8, 4) is 0 Å². The van der Waals surface area contributed by atoms with E-state index in [0.717, 1.165) is 40.9 Å². The zero-order chi connectivity index (χ0) is 30.2. The summed E-state index contributed by atoms with van der Waals surface area (Å²) in [6.07, 6.45) is 1.69. The second kappa shape index (κ2) is 13.6. The number of halogens is 1. The highest BCUT2D eigenvalue weighted by Crippen LogP contribution is 2.22. The Kier molecular flexibility index (Phi) is 9.27. The highest BCUT2D eigenvalue weighted by Gasteiger charge is 2.16. The predicted octanol–water partition coefficient (Wildman–Crippen LogP) is 5.17. The van der Waals surface area contributed by atoms with E-state index in [1.54, 1.807) is 12.1 Å². The molecule has 0 saturated heterocycles. The first-order valence-corrected chi connectivity index (χ1v) is 14.1. The lowest BCUT2D eigenvalue weighted by Crippen LogP contribution is -2.26. The van der Waals surface area contributed by atoms with Crippen LogP contribution in [0, 0.1) is 5.82 Å². The number of benzene rings is 3. The number of nitrogens with two attached hydrogens (primary N) is 2. The number of anilines is 6. The van der Waals surface area contributed by atoms with Crippen molar-refractivity contribution in [3.63, 3.8) is 0 Å². The van der Waals surface area contributed by atoms with E-state index in [-0.39, 0.29) is 30.8 Å². The van der Waals surface area contributed by atoms with E-state index in [1.807, 2.05) is 53.4 Å². The van der Waals surface area contributed by atoms with Crippen molar-refractivity contribution < 1.29 is 4.39 Å². The van der Waals surface area contributed by atoms with Crippen LogP contribution in [-0.2, 0) is 32.5 Å². The summed E-state index contributed by atoms with van der Waals surface area (Å²) in [5.74, 6) is 1.46. The molecule has 43 heavy (non-hydrogen) atoms. The van der Waals surface area contributed by atoms with Crippen molar-refractivity contribution in [1.29, 1.82) is 0 Å². The molecule has 0 saturated carbocycles. The molecule has 6 N–H and O–H groups in total. The van der Waals surface area contributed by atoms with Gasteiger partial charge in [-0.3, -0.25) is 4.90 Å². The number of aromatic nitrogens is 6. The summed E-state index contributed by atoms with van der Waals surface area (Å²) in [4.78, 5) is 28.7. The van der Waals surface area contributed by atoms with Gasteiger partial charge in [0.05, 0.1) is 13.1 Å². The number of para-hydroxylation sites is 2. The van der Waals surface area contributed by atoms with E-state index in [2.05, 4.69) is 54.4 Å². The number of nitrogen functional groups attached to an aromatic ring is 2. The molecule has 0 unspecified atom stereocenters. The van der Waals surface area contributed by atoms with Crippen LogP contribution in [0.3, 0.4) is 0 Å². The molecule has 12 heteroatoms. The average molecular weight is 580 g/mol. The first kappa shape index (κ1) is 29.3. The lowest BCUT2D eigenvalue weighted by atomic mass is 10.1. The second-order valence-electron chi connectivity index (χ2n) is 9.91. The van der Waals surface area contributed by atoms with Gasteiger partial charge in [-0.2, -0.15) is 29.9 Å². The van der Waals surface area contributed by atoms with Gasteiger partial charge in [0.25, 0.3) is 0 Å². The quantitative estimate of drug-likeness (QED) is 0.154. The molecule has 0 aliphatic carbocycles. The number of rotatable bonds is 12. The molecule has 2 aromatic heterocycles. The normalized spacial score (nSPS) is 11.1. The van der Waals surface area contributed by atoms with Crippen LogP contribution in [0.5, 0.6) is 0 Å². The molecule has 5 aromatic rings. The minimum atomic E-state index is -0.308. The van der Waals surface area contributed by atoms with Crippen LogP contribution in [0.15, 0.2) is 72.8 Å². The SMILES string of the molecule is CCc1ccccc1Nc1nc(N)nc(CN(Cc2ccc(F)cc2)Cc2nc(N)nc(Nc3ccccc3CC)n2)n1. The zero-order valence-electron chi connectivity index (χ0n) is 24.1. The van der Waals surface area contributed by atoms with Crippen LogP contribution in [-0.4, -0.2) is 34.8 Å². The van der Waals surface area contributed by atoms with Crippen molar-refractivity contribution in [3.05, 3.63) is 107 Å². The maximum atomic E-state index is 13.7. The van der Waals surface area contributed by atoms with Crippen LogP contribution in [0.25, 0.3) is 0 Å². The summed E-state index contributed by atoms with van der Waals surface area (Å²) in [6.45, 7) is 5.15. The highest BCUT2D eigenvalue weighted by molar-refractivity contribution is 5.59. The van der Waals surface area contributed by atoms with Gasteiger partial charge in [-0.05, 0) is 53.8 Å². The van der Waals surface area contributed by atoms with Crippen molar-refractivity contribution in [2.45, 2.75) is 46.3 Å². The number of nitrogens with zero attached hydrogens (tertiary/aromatic N) is 7. The molecule has 220 valence electrons. The standard InChI is InChI=1S/C31H34FN11/c1-3-21-9-5-7-11-24(21)35-30-39-26(37-28(33)41-30)18-43(17-20-13-15-23(32)16-14-20)19-27-38-29(34)42-31(40-27)36-25-12-8-6-10-22(25)4-2/h5-16H,3-4,17-19H2,1-2H3,(H3,33,35,37,39,41)(H3,34,36,38,40,42). The maximum Gasteiger partial charge on any atom is 0.232 e. The van der Waals surface area contributed by atoms with Gasteiger partial charge in [-0.1, -0.05) is 62.4 Å². The third-order valence-electron chi connectivity index (χ3n) is 6.74. The predicted molar refractivity (Wildman–Crippen MR) is 166 cm³/mol. The molecule has 2 heterocycles. The second-order valence-corrected chi connectivity index (χ2v) is 9.91. The lowest BCUT2D eigenvalue weighted by Gasteiger charge is -2.21. The molecule has 0 aliphatic rings. The summed E-state index contributed by atoms with van der Waals surface area (Å²) in [7, 11) is 0. The number of hydrogen-bond acceptors (Lipinski definition) is 11. The Bertz CT molecular complexity index is 1580. The first-order chi connectivity index (χ1) is 20.9. The minimum Gasteiger partial charge on any atom is -0.368 e. The first-order valence-electron chi connectivity index (χ1n) is 14.1. The van der Waals surface area contributed by atoms with Gasteiger partial charge in [-0.15, -0.1) is 0 Å². The Hall–Kier alpha value is -5.23. The fraction of sp³-hybridized carbons (Fsp3) is 0.226. The van der Waals surface area contributed by atoms with E-state index in [4.69, 9.17) is 11.5 Å². The average Bonchev–Trinajstić information content (AvgIpc) is 2.98. The summed E-state index contributed by atoms with van der Waals surface area (Å²) >= 11 is 0. The van der Waals surface area contributed by atoms with Gasteiger partial charge in [0.1, 0.15) is 17.5 Å². The molecule has 0 atom stereocenters. The third kappa shape index (κ3) is 7.95. The van der Waals surface area contributed by atoms with E-state index >= 15 is 0 Å². The lowest BCUT2D eigenvalue weighted by molar-refractivity contribution is 0.235. The van der Waals surface area contributed by atoms with Gasteiger partial charge >= 0.3 is 0 Å². The van der Waals surface area contributed by atoms with Gasteiger partial charge in [0.15, 0.2) is 0 Å². The van der Waals surface area contributed by atoms with Crippen molar-refractivity contribution in [2.24, 2.45) is 0 Å². The molecule has 5 rings (SSSR count). The Labute approximate surface area is 249 Å². The van der Waals surface area contributed by atoms with E-state index in [1.165, 1.54) is 12.1 Å². The zero-order valence-corrected chi connectivity index (χ0v) is 24.1. The molecule has 0 bridgehead atoms. The largest absolute Gasteiger partial charge is 0.368 e. The van der Waals surface area contributed by atoms with Crippen LogP contribution in [0.4, 0.5) is 39.6 Å². The summed E-state index contributed by atoms with van der Waals surface area (Å²) in [5, 5.41) is 6.54. The smallest absolute Gasteiger partial charge is 0.232 e. The molecule has 11 nitrogen and oxygen atoms in total. The van der Waals surface area contributed by atoms with Crippen molar-refractivity contribution >= 4 is 35.2 Å². The third-order valence-corrected chi connectivity index (χ3v) is 6.74. The van der Waals surface area contributed by atoms with Crippen molar-refractivity contribution in [1.82, 2.24) is 34.8 Å². The Morgan fingerprint density at radius 3 is 1.53 bits per heavy atom. The summed E-state index contributed by atoms with van der Waals surface area (Å²) in [5.41, 5.74) is 17.1. The Morgan fingerprint density at radius 1 is 0.605 bits per heavy atom. The Balaban J connectivity index is 1.42. The fourth-order valence-corrected chi connectivity index (χ4v) is 4.69. The molecule has 0 fully saturated rings. The molecular weight excluding hydrogens is 545 g/mol. The van der Waals surface area contributed by atoms with Crippen molar-refractivity contribution in [2.75, 3.05) is 22.1 Å². The molecule has 0 spiro atoms.